The molecule has 0 aliphatic rings. The van der Waals surface area contributed by atoms with Crippen molar-refractivity contribution < 1.29 is 37.3 Å². The molecule has 0 rings (SSSR count). The predicted octanol–water partition coefficient (Wildman–Crippen LogP) is -0.861. The van der Waals surface area contributed by atoms with E-state index in [2.05, 4.69) is 0 Å². The summed E-state index contributed by atoms with van der Waals surface area (Å²) in [6, 6.07) is 0. The van der Waals surface area contributed by atoms with E-state index >= 15 is 0 Å². The molecule has 0 bridgehead atoms. The second-order valence-corrected chi connectivity index (χ2v) is 1.97. The predicted molar refractivity (Wildman–Crippen MR) is 36.2 cm³/mol. The third-order valence-electron chi connectivity index (χ3n) is 0. The van der Waals surface area contributed by atoms with Gasteiger partial charge in [-0.2, -0.15) is 8.42 Å². The van der Waals surface area contributed by atoms with E-state index in [1.54, 1.807) is 0 Å². The molecule has 12 heavy (non-hydrogen) atoms. The molecule has 0 spiro atoms. The summed E-state index contributed by atoms with van der Waals surface area (Å²) < 4.78 is 31.6. The largest absolute Gasteiger partial charge is 0.483 e. The normalized spacial score (nSPS) is 7.92. The van der Waals surface area contributed by atoms with Crippen LogP contribution in [0.5, 0.6) is 0 Å². The molecule has 0 aliphatic heterocycles. The SMILES string of the molecule is CC(=O)O.O=CO.O=S(=O)(O)O. The third-order valence-corrected chi connectivity index (χ3v) is 0. The Labute approximate surface area is 68.0 Å². The first kappa shape index (κ1) is 17.1. The van der Waals surface area contributed by atoms with Crippen molar-refractivity contribution in [3.05, 3.63) is 0 Å². The number of carboxylic acids is 1. The van der Waals surface area contributed by atoms with Crippen LogP contribution in [0.3, 0.4) is 0 Å². The monoisotopic (exact) mass is 204 g/mol. The van der Waals surface area contributed by atoms with Crippen molar-refractivity contribution >= 4 is 22.8 Å². The van der Waals surface area contributed by atoms with Gasteiger partial charge in [0.2, 0.25) is 0 Å². The zero-order chi connectivity index (χ0) is 10.8. The van der Waals surface area contributed by atoms with Gasteiger partial charge in [0.1, 0.15) is 0 Å². The van der Waals surface area contributed by atoms with E-state index in [1.807, 2.05) is 0 Å². The van der Waals surface area contributed by atoms with Gasteiger partial charge < -0.3 is 10.2 Å². The van der Waals surface area contributed by atoms with Gasteiger partial charge in [0.15, 0.2) is 0 Å². The zero-order valence-electron chi connectivity index (χ0n) is 5.91. The molecular formula is C3H8O8S. The van der Waals surface area contributed by atoms with Gasteiger partial charge in [-0.1, -0.05) is 0 Å². The third kappa shape index (κ3) is 379. The van der Waals surface area contributed by atoms with E-state index in [4.69, 9.17) is 37.3 Å². The maximum Gasteiger partial charge on any atom is 0.394 e. The van der Waals surface area contributed by atoms with E-state index in [-0.39, 0.29) is 6.47 Å². The summed E-state index contributed by atoms with van der Waals surface area (Å²) >= 11 is 0. The Morgan fingerprint density at radius 1 is 1.33 bits per heavy atom. The lowest BCUT2D eigenvalue weighted by atomic mass is 10.9. The Bertz CT molecular complexity index is 190. The Kier molecular flexibility index (Phi) is 13.9. The van der Waals surface area contributed by atoms with Crippen LogP contribution in [-0.4, -0.2) is 40.2 Å². The lowest BCUT2D eigenvalue weighted by Gasteiger charge is -1.68. The van der Waals surface area contributed by atoms with Gasteiger partial charge in [0.25, 0.3) is 12.4 Å². The lowest BCUT2D eigenvalue weighted by Crippen LogP contribution is -1.89. The molecule has 74 valence electrons. The van der Waals surface area contributed by atoms with Crippen molar-refractivity contribution in [3.63, 3.8) is 0 Å². The Morgan fingerprint density at radius 3 is 1.33 bits per heavy atom. The topological polar surface area (TPSA) is 149 Å². The van der Waals surface area contributed by atoms with Crippen LogP contribution in [-0.2, 0) is 20.0 Å². The number of hydrogen-bond acceptors (Lipinski definition) is 4. The number of aliphatic carboxylic acids is 1. The maximum atomic E-state index is 9.00. The van der Waals surface area contributed by atoms with Crippen molar-refractivity contribution in [2.24, 2.45) is 0 Å². The fourth-order valence-corrected chi connectivity index (χ4v) is 0. The molecule has 4 N–H and O–H groups in total. The molecule has 0 aromatic rings. The summed E-state index contributed by atoms with van der Waals surface area (Å²) in [7, 11) is -4.67. The van der Waals surface area contributed by atoms with Crippen LogP contribution in [0.15, 0.2) is 0 Å². The number of carboxylic acid groups (broad SMARTS) is 2. The van der Waals surface area contributed by atoms with Gasteiger partial charge in [0.05, 0.1) is 0 Å². The minimum absolute atomic E-state index is 0.250. The van der Waals surface area contributed by atoms with Crippen molar-refractivity contribution in [2.75, 3.05) is 0 Å². The zero-order valence-corrected chi connectivity index (χ0v) is 6.72. The maximum absolute atomic E-state index is 9.00. The highest BCUT2D eigenvalue weighted by Crippen LogP contribution is 1.59. The lowest BCUT2D eigenvalue weighted by molar-refractivity contribution is -0.134. The van der Waals surface area contributed by atoms with Crippen LogP contribution in [0.25, 0.3) is 0 Å². The van der Waals surface area contributed by atoms with Gasteiger partial charge in [-0.05, 0) is 0 Å². The first-order valence-corrected chi connectivity index (χ1v) is 3.52. The molecule has 0 aromatic carbocycles. The van der Waals surface area contributed by atoms with Crippen LogP contribution < -0.4 is 0 Å². The first-order valence-electron chi connectivity index (χ1n) is 2.12. The molecular weight excluding hydrogens is 196 g/mol. The van der Waals surface area contributed by atoms with E-state index in [0.29, 0.717) is 0 Å². The van der Waals surface area contributed by atoms with E-state index in [9.17, 15) is 0 Å². The molecule has 0 unspecified atom stereocenters. The average Bonchev–Trinajstić information content (AvgIpc) is 1.56. The molecule has 8 nitrogen and oxygen atoms in total. The van der Waals surface area contributed by atoms with Crippen molar-refractivity contribution in [3.8, 4) is 0 Å². The summed E-state index contributed by atoms with van der Waals surface area (Å²) in [5, 5.41) is 14.3. The fraction of sp³-hybridized carbons (Fsp3) is 0.333. The smallest absolute Gasteiger partial charge is 0.394 e. The standard InChI is InChI=1S/C2H4O2.CH2O2.H2O4S/c1-2(3)4;2-1-3;1-5(2,3)4/h1H3,(H,3,4);1H,(H,2,3);(H2,1,2,3,4). The summed E-state index contributed by atoms with van der Waals surface area (Å²) in [6.07, 6.45) is 0. The van der Waals surface area contributed by atoms with E-state index in [0.717, 1.165) is 6.92 Å². The van der Waals surface area contributed by atoms with Gasteiger partial charge in [0, 0.05) is 6.92 Å². The molecule has 0 heterocycles. The number of hydrogen-bond donors (Lipinski definition) is 4. The summed E-state index contributed by atoms with van der Waals surface area (Å²) in [4.78, 5) is 17.4. The Morgan fingerprint density at radius 2 is 1.33 bits per heavy atom. The molecule has 0 aromatic heterocycles. The minimum atomic E-state index is -4.67. The molecule has 0 saturated carbocycles. The minimum Gasteiger partial charge on any atom is -0.483 e. The molecule has 0 atom stereocenters. The average molecular weight is 204 g/mol. The molecule has 0 fully saturated rings. The van der Waals surface area contributed by atoms with Crippen LogP contribution in [0.1, 0.15) is 6.92 Å². The highest BCUT2D eigenvalue weighted by Gasteiger charge is 1.84. The quantitative estimate of drug-likeness (QED) is 0.294. The summed E-state index contributed by atoms with van der Waals surface area (Å²) in [5.41, 5.74) is 0. The fourth-order valence-electron chi connectivity index (χ4n) is 0. The van der Waals surface area contributed by atoms with Crippen molar-refractivity contribution in [1.29, 1.82) is 0 Å². The van der Waals surface area contributed by atoms with E-state index < -0.39 is 16.4 Å². The molecule has 0 amide bonds. The summed E-state index contributed by atoms with van der Waals surface area (Å²) in [6.45, 7) is 0.833. The Hall–Kier alpha value is -1.19. The number of carbonyl (C=O) groups is 2. The highest BCUT2D eigenvalue weighted by atomic mass is 32.3. The first-order chi connectivity index (χ1) is 5.15. The van der Waals surface area contributed by atoms with Crippen LogP contribution in [0.2, 0.25) is 0 Å². The summed E-state index contributed by atoms with van der Waals surface area (Å²) in [5.74, 6) is -0.833. The van der Waals surface area contributed by atoms with Crippen LogP contribution in [0, 0.1) is 0 Å². The number of rotatable bonds is 0. The van der Waals surface area contributed by atoms with Crippen LogP contribution in [0.4, 0.5) is 0 Å². The van der Waals surface area contributed by atoms with Gasteiger partial charge in [-0.15, -0.1) is 0 Å². The van der Waals surface area contributed by atoms with Crippen molar-refractivity contribution in [2.45, 2.75) is 6.92 Å². The van der Waals surface area contributed by atoms with Crippen molar-refractivity contribution in [1.82, 2.24) is 0 Å². The van der Waals surface area contributed by atoms with Crippen LogP contribution >= 0.6 is 0 Å². The molecule has 0 radical (unpaired) electrons. The van der Waals surface area contributed by atoms with E-state index in [1.165, 1.54) is 0 Å². The van der Waals surface area contributed by atoms with Gasteiger partial charge in [-0.3, -0.25) is 18.7 Å². The molecule has 0 aliphatic carbocycles. The van der Waals surface area contributed by atoms with Gasteiger partial charge in [-0.25, -0.2) is 0 Å². The molecule has 0 saturated heterocycles. The van der Waals surface area contributed by atoms with Gasteiger partial charge >= 0.3 is 10.4 Å². The Balaban J connectivity index is -0.000000105. The molecule has 9 heteroatoms. The second-order valence-electron chi connectivity index (χ2n) is 1.07. The second kappa shape index (κ2) is 9.81. The highest BCUT2D eigenvalue weighted by molar-refractivity contribution is 7.79.